The maximum Gasteiger partial charge on any atom is 0.230 e. The van der Waals surface area contributed by atoms with Crippen LogP contribution >= 0.6 is 15.9 Å². The monoisotopic (exact) mass is 309 g/mol. The molecule has 0 aromatic heterocycles. The van der Waals surface area contributed by atoms with Crippen LogP contribution in [0, 0.1) is 5.41 Å². The Morgan fingerprint density at radius 1 is 1.28 bits per heavy atom. The van der Waals surface area contributed by atoms with Gasteiger partial charge in [-0.05, 0) is 37.0 Å². The summed E-state index contributed by atoms with van der Waals surface area (Å²) >= 11 is 3.42. The summed E-state index contributed by atoms with van der Waals surface area (Å²) in [6, 6.07) is 8.04. The van der Waals surface area contributed by atoms with E-state index in [1.54, 1.807) is 0 Å². The first-order valence-corrected chi connectivity index (χ1v) is 7.79. The molecule has 1 aromatic rings. The Balaban J connectivity index is 2.05. The van der Waals surface area contributed by atoms with Crippen molar-refractivity contribution in [2.45, 2.75) is 44.4 Å². The molecule has 3 heteroatoms. The molecule has 98 valence electrons. The number of alkyl halides is 1. The van der Waals surface area contributed by atoms with E-state index in [1.807, 2.05) is 24.3 Å². The molecular formula is C15H20BrNO. The number of rotatable bonds is 4. The van der Waals surface area contributed by atoms with Crippen molar-refractivity contribution in [1.29, 1.82) is 0 Å². The number of anilines is 1. The molecule has 0 spiro atoms. The smallest absolute Gasteiger partial charge is 0.230 e. The van der Waals surface area contributed by atoms with Crippen LogP contribution in [0.15, 0.2) is 24.3 Å². The van der Waals surface area contributed by atoms with Gasteiger partial charge in [0.05, 0.1) is 0 Å². The Labute approximate surface area is 117 Å². The van der Waals surface area contributed by atoms with Crippen LogP contribution in [0.4, 0.5) is 5.69 Å². The molecule has 2 nitrogen and oxygen atoms in total. The average molecular weight is 310 g/mol. The molecule has 0 radical (unpaired) electrons. The maximum absolute atomic E-state index is 12.4. The molecule has 18 heavy (non-hydrogen) atoms. The van der Waals surface area contributed by atoms with E-state index in [9.17, 15) is 4.79 Å². The lowest BCUT2D eigenvalue weighted by Gasteiger charge is -2.26. The normalized spacial score (nSPS) is 17.7. The van der Waals surface area contributed by atoms with Gasteiger partial charge >= 0.3 is 0 Å². The van der Waals surface area contributed by atoms with Crippen LogP contribution in [0.25, 0.3) is 0 Å². The molecule has 0 saturated heterocycles. The Morgan fingerprint density at radius 2 is 1.89 bits per heavy atom. The fourth-order valence-electron chi connectivity index (χ4n) is 2.73. The fraction of sp³-hybridized carbons (Fsp3) is 0.533. The molecule has 1 aliphatic rings. The van der Waals surface area contributed by atoms with Gasteiger partial charge < -0.3 is 5.32 Å². The molecule has 1 amide bonds. The third-order valence-electron chi connectivity index (χ3n) is 4.09. The zero-order valence-corrected chi connectivity index (χ0v) is 12.4. The molecule has 1 fully saturated rings. The van der Waals surface area contributed by atoms with E-state index in [0.29, 0.717) is 0 Å². The van der Waals surface area contributed by atoms with Crippen LogP contribution in [0.5, 0.6) is 0 Å². The van der Waals surface area contributed by atoms with Crippen molar-refractivity contribution in [2.75, 3.05) is 5.32 Å². The quantitative estimate of drug-likeness (QED) is 0.816. The Hall–Kier alpha value is -0.830. The number of carbonyl (C=O) groups is 1. The number of halogens is 1. The minimum absolute atomic E-state index is 0.117. The summed E-state index contributed by atoms with van der Waals surface area (Å²) in [5.74, 6) is 0.203. The summed E-state index contributed by atoms with van der Waals surface area (Å²) in [4.78, 5) is 12.4. The van der Waals surface area contributed by atoms with Gasteiger partial charge in [0.2, 0.25) is 5.91 Å². The molecule has 1 N–H and O–H groups in total. The Morgan fingerprint density at radius 3 is 2.39 bits per heavy atom. The van der Waals surface area contributed by atoms with Gasteiger partial charge in [-0.3, -0.25) is 4.79 Å². The molecule has 0 unspecified atom stereocenters. The number of hydrogen-bond donors (Lipinski definition) is 1. The van der Waals surface area contributed by atoms with Gasteiger partial charge in [-0.25, -0.2) is 0 Å². The van der Waals surface area contributed by atoms with Gasteiger partial charge in [-0.15, -0.1) is 0 Å². The highest BCUT2D eigenvalue weighted by molar-refractivity contribution is 9.08. The second kappa shape index (κ2) is 5.87. The lowest BCUT2D eigenvalue weighted by atomic mass is 9.82. The van der Waals surface area contributed by atoms with Crippen LogP contribution in [0.1, 0.15) is 44.6 Å². The number of benzene rings is 1. The van der Waals surface area contributed by atoms with Crippen LogP contribution < -0.4 is 5.32 Å². The molecule has 1 saturated carbocycles. The predicted molar refractivity (Wildman–Crippen MR) is 78.9 cm³/mol. The van der Waals surface area contributed by atoms with Crippen molar-refractivity contribution < 1.29 is 4.79 Å². The van der Waals surface area contributed by atoms with Gasteiger partial charge in [0, 0.05) is 16.4 Å². The summed E-state index contributed by atoms with van der Waals surface area (Å²) in [5, 5.41) is 3.92. The van der Waals surface area contributed by atoms with Gasteiger partial charge in [-0.1, -0.05) is 47.8 Å². The number of carbonyl (C=O) groups excluding carboxylic acids is 1. The van der Waals surface area contributed by atoms with E-state index in [4.69, 9.17) is 0 Å². The van der Waals surface area contributed by atoms with Gasteiger partial charge in [-0.2, -0.15) is 0 Å². The van der Waals surface area contributed by atoms with Gasteiger partial charge in [0.1, 0.15) is 0 Å². The first-order chi connectivity index (χ1) is 8.70. The third-order valence-corrected chi connectivity index (χ3v) is 4.73. The summed E-state index contributed by atoms with van der Waals surface area (Å²) < 4.78 is 0. The standard InChI is InChI=1S/C15H20BrNO/c1-2-15(9-3-4-10-15)14(18)17-13-7-5-12(11-16)6-8-13/h5-8H,2-4,9-11H2,1H3,(H,17,18). The largest absolute Gasteiger partial charge is 0.326 e. The highest BCUT2D eigenvalue weighted by Crippen LogP contribution is 2.41. The fourth-order valence-corrected chi connectivity index (χ4v) is 3.11. The molecule has 0 heterocycles. The second-order valence-corrected chi connectivity index (χ2v) is 5.69. The van der Waals surface area contributed by atoms with Crippen molar-refractivity contribution in [3.8, 4) is 0 Å². The van der Waals surface area contributed by atoms with Crippen LogP contribution in [-0.4, -0.2) is 5.91 Å². The Bertz CT molecular complexity index is 407. The van der Waals surface area contributed by atoms with Crippen molar-refractivity contribution in [3.63, 3.8) is 0 Å². The van der Waals surface area contributed by atoms with Crippen molar-refractivity contribution >= 4 is 27.5 Å². The summed E-state index contributed by atoms with van der Waals surface area (Å²) in [5.41, 5.74) is 2.01. The summed E-state index contributed by atoms with van der Waals surface area (Å²) in [7, 11) is 0. The van der Waals surface area contributed by atoms with Gasteiger partial charge in [0.15, 0.2) is 0 Å². The third kappa shape index (κ3) is 2.77. The van der Waals surface area contributed by atoms with Crippen LogP contribution in [0.3, 0.4) is 0 Å². The zero-order chi connectivity index (χ0) is 13.0. The second-order valence-electron chi connectivity index (χ2n) is 5.13. The molecule has 1 aromatic carbocycles. The van der Waals surface area contributed by atoms with E-state index in [0.717, 1.165) is 30.3 Å². The molecule has 0 atom stereocenters. The van der Waals surface area contributed by atoms with Crippen LogP contribution in [0.2, 0.25) is 0 Å². The number of nitrogens with one attached hydrogen (secondary N) is 1. The topological polar surface area (TPSA) is 29.1 Å². The highest BCUT2D eigenvalue weighted by Gasteiger charge is 2.39. The molecule has 0 bridgehead atoms. The Kier molecular flexibility index (Phi) is 4.44. The maximum atomic E-state index is 12.4. The highest BCUT2D eigenvalue weighted by atomic mass is 79.9. The number of hydrogen-bond acceptors (Lipinski definition) is 1. The first-order valence-electron chi connectivity index (χ1n) is 6.66. The van der Waals surface area contributed by atoms with Crippen LogP contribution in [-0.2, 0) is 10.1 Å². The van der Waals surface area contributed by atoms with Crippen molar-refractivity contribution in [2.24, 2.45) is 5.41 Å². The lowest BCUT2D eigenvalue weighted by molar-refractivity contribution is -0.125. The number of amides is 1. The minimum atomic E-state index is -0.117. The minimum Gasteiger partial charge on any atom is -0.326 e. The SMILES string of the molecule is CCC1(C(=O)Nc2ccc(CBr)cc2)CCCC1. The molecule has 2 rings (SSSR count). The molecular weight excluding hydrogens is 290 g/mol. The zero-order valence-electron chi connectivity index (χ0n) is 10.8. The van der Waals surface area contributed by atoms with Crippen molar-refractivity contribution in [3.05, 3.63) is 29.8 Å². The van der Waals surface area contributed by atoms with E-state index in [1.165, 1.54) is 18.4 Å². The first kappa shape index (κ1) is 13.6. The lowest BCUT2D eigenvalue weighted by Crippen LogP contribution is -2.33. The van der Waals surface area contributed by atoms with E-state index >= 15 is 0 Å². The predicted octanol–water partition coefficient (Wildman–Crippen LogP) is 4.49. The van der Waals surface area contributed by atoms with Crippen molar-refractivity contribution in [1.82, 2.24) is 0 Å². The summed E-state index contributed by atoms with van der Waals surface area (Å²) in [6.45, 7) is 2.12. The molecule has 0 aliphatic heterocycles. The average Bonchev–Trinajstić information content (AvgIpc) is 2.89. The van der Waals surface area contributed by atoms with E-state index in [2.05, 4.69) is 28.2 Å². The van der Waals surface area contributed by atoms with E-state index in [-0.39, 0.29) is 11.3 Å². The van der Waals surface area contributed by atoms with Gasteiger partial charge in [0.25, 0.3) is 0 Å². The molecule has 1 aliphatic carbocycles. The van der Waals surface area contributed by atoms with E-state index < -0.39 is 0 Å². The summed E-state index contributed by atoms with van der Waals surface area (Å²) in [6.07, 6.45) is 5.38.